The lowest BCUT2D eigenvalue weighted by Gasteiger charge is -2.13. The molecular formula is C8H12O2. The van der Waals surface area contributed by atoms with Crippen molar-refractivity contribution in [1.29, 1.82) is 0 Å². The maximum atomic E-state index is 5.67. The molecule has 1 saturated carbocycles. The average molecular weight is 140 g/mol. The molecule has 0 aromatic rings. The van der Waals surface area contributed by atoms with Crippen molar-refractivity contribution in [3.8, 4) is 0 Å². The summed E-state index contributed by atoms with van der Waals surface area (Å²) in [6.07, 6.45) is 3.32. The smallest absolute Gasteiger partial charge is 0.0976 e. The normalized spacial score (nSPS) is 70.2. The van der Waals surface area contributed by atoms with Gasteiger partial charge in [-0.3, -0.25) is 0 Å². The van der Waals surface area contributed by atoms with E-state index in [1.165, 1.54) is 0 Å². The highest BCUT2D eigenvalue weighted by Crippen LogP contribution is 2.61. The van der Waals surface area contributed by atoms with Crippen LogP contribution in [0.25, 0.3) is 0 Å². The Morgan fingerprint density at radius 3 is 2.10 bits per heavy atom. The Morgan fingerprint density at radius 2 is 1.60 bits per heavy atom. The molecule has 3 aliphatic rings. The second kappa shape index (κ2) is 1.16. The molecule has 2 aliphatic heterocycles. The van der Waals surface area contributed by atoms with Crippen molar-refractivity contribution in [2.24, 2.45) is 0 Å². The van der Waals surface area contributed by atoms with E-state index in [-0.39, 0.29) is 11.2 Å². The molecule has 4 atom stereocenters. The summed E-state index contributed by atoms with van der Waals surface area (Å²) in [6, 6.07) is 0. The highest BCUT2D eigenvalue weighted by atomic mass is 16.7. The fourth-order valence-corrected chi connectivity index (χ4v) is 2.29. The predicted molar refractivity (Wildman–Crippen MR) is 35.8 cm³/mol. The molecule has 0 bridgehead atoms. The van der Waals surface area contributed by atoms with Crippen molar-refractivity contribution in [3.63, 3.8) is 0 Å². The standard InChI is InChI=1S/C8H12O2/c1-7-3-5-6(9-5)4-8(7,2)10-7/h5-6H,3-4H2,1-2H3/t5-,6-,7-,8+/m0/s1. The Morgan fingerprint density at radius 1 is 1.10 bits per heavy atom. The van der Waals surface area contributed by atoms with Crippen LogP contribution in [-0.4, -0.2) is 23.4 Å². The van der Waals surface area contributed by atoms with Crippen molar-refractivity contribution < 1.29 is 9.47 Å². The van der Waals surface area contributed by atoms with E-state index in [4.69, 9.17) is 9.47 Å². The van der Waals surface area contributed by atoms with E-state index in [0.717, 1.165) is 12.8 Å². The third-order valence-electron chi connectivity index (χ3n) is 3.40. The van der Waals surface area contributed by atoms with Crippen molar-refractivity contribution in [1.82, 2.24) is 0 Å². The molecule has 0 spiro atoms. The van der Waals surface area contributed by atoms with Crippen LogP contribution >= 0.6 is 0 Å². The Labute approximate surface area is 60.5 Å². The number of ether oxygens (including phenoxy) is 2. The Bertz CT molecular complexity index is 183. The fraction of sp³-hybridized carbons (Fsp3) is 1.00. The maximum absolute atomic E-state index is 5.67. The lowest BCUT2D eigenvalue weighted by atomic mass is 9.82. The number of rotatable bonds is 0. The van der Waals surface area contributed by atoms with Gasteiger partial charge in [0.1, 0.15) is 0 Å². The highest BCUT2D eigenvalue weighted by molar-refractivity contribution is 5.20. The summed E-state index contributed by atoms with van der Waals surface area (Å²) in [5.41, 5.74) is 0.343. The molecule has 0 amide bonds. The molecule has 0 N–H and O–H groups in total. The predicted octanol–water partition coefficient (Wildman–Crippen LogP) is 1.10. The zero-order chi connectivity index (χ0) is 6.98. The van der Waals surface area contributed by atoms with E-state index in [1.807, 2.05) is 0 Å². The molecule has 0 unspecified atom stereocenters. The van der Waals surface area contributed by atoms with Crippen LogP contribution in [0.5, 0.6) is 0 Å². The van der Waals surface area contributed by atoms with Crippen LogP contribution in [0, 0.1) is 0 Å². The minimum atomic E-state index is 0.171. The lowest BCUT2D eigenvalue weighted by molar-refractivity contribution is 0.233. The Hall–Kier alpha value is -0.0800. The molecule has 1 aliphatic carbocycles. The zero-order valence-electron chi connectivity index (χ0n) is 6.39. The van der Waals surface area contributed by atoms with Gasteiger partial charge in [-0.05, 0) is 13.8 Å². The van der Waals surface area contributed by atoms with Gasteiger partial charge in [0, 0.05) is 12.8 Å². The summed E-state index contributed by atoms with van der Waals surface area (Å²) in [4.78, 5) is 0. The molecule has 2 nitrogen and oxygen atoms in total. The van der Waals surface area contributed by atoms with Gasteiger partial charge >= 0.3 is 0 Å². The van der Waals surface area contributed by atoms with Crippen LogP contribution in [0.1, 0.15) is 26.7 Å². The van der Waals surface area contributed by atoms with Crippen molar-refractivity contribution >= 4 is 0 Å². The summed E-state index contributed by atoms with van der Waals surface area (Å²) in [5.74, 6) is 0. The van der Waals surface area contributed by atoms with Gasteiger partial charge in [-0.15, -0.1) is 0 Å². The van der Waals surface area contributed by atoms with Crippen LogP contribution in [0.15, 0.2) is 0 Å². The Balaban J connectivity index is 1.92. The first-order chi connectivity index (χ1) is 4.63. The molecule has 0 radical (unpaired) electrons. The van der Waals surface area contributed by atoms with Gasteiger partial charge in [0.2, 0.25) is 0 Å². The van der Waals surface area contributed by atoms with Gasteiger partial charge in [-0.2, -0.15) is 0 Å². The van der Waals surface area contributed by atoms with Gasteiger partial charge in [-0.25, -0.2) is 0 Å². The lowest BCUT2D eigenvalue weighted by Crippen LogP contribution is -2.28. The van der Waals surface area contributed by atoms with Crippen molar-refractivity contribution in [2.75, 3.05) is 0 Å². The molecule has 2 heterocycles. The first-order valence-electron chi connectivity index (χ1n) is 3.99. The number of epoxide rings is 2. The summed E-state index contributed by atoms with van der Waals surface area (Å²) in [7, 11) is 0. The summed E-state index contributed by atoms with van der Waals surface area (Å²) >= 11 is 0. The van der Waals surface area contributed by atoms with Crippen LogP contribution in [0.4, 0.5) is 0 Å². The van der Waals surface area contributed by atoms with Gasteiger partial charge in [-0.1, -0.05) is 0 Å². The number of hydrogen-bond acceptors (Lipinski definition) is 2. The first-order valence-corrected chi connectivity index (χ1v) is 3.99. The van der Waals surface area contributed by atoms with E-state index < -0.39 is 0 Å². The van der Waals surface area contributed by atoms with E-state index in [9.17, 15) is 0 Å². The highest BCUT2D eigenvalue weighted by Gasteiger charge is 2.72. The van der Waals surface area contributed by atoms with Crippen LogP contribution in [-0.2, 0) is 9.47 Å². The zero-order valence-corrected chi connectivity index (χ0v) is 6.39. The fourth-order valence-electron chi connectivity index (χ4n) is 2.29. The molecule has 2 heteroatoms. The third-order valence-corrected chi connectivity index (χ3v) is 3.40. The Kier molecular flexibility index (Phi) is 0.647. The first kappa shape index (κ1) is 5.56. The van der Waals surface area contributed by atoms with E-state index in [1.54, 1.807) is 0 Å². The second-order valence-electron chi connectivity index (χ2n) is 4.19. The van der Waals surface area contributed by atoms with Crippen molar-refractivity contribution in [3.05, 3.63) is 0 Å². The van der Waals surface area contributed by atoms with E-state index in [2.05, 4.69) is 13.8 Å². The SMILES string of the molecule is C[C@@]12C[C@@H]3O[C@H]3C[C@]1(C)O2. The van der Waals surface area contributed by atoms with Crippen molar-refractivity contribution in [2.45, 2.75) is 50.1 Å². The molecular weight excluding hydrogens is 128 g/mol. The maximum Gasteiger partial charge on any atom is 0.0976 e. The second-order valence-corrected chi connectivity index (χ2v) is 4.19. The summed E-state index contributed by atoms with van der Waals surface area (Å²) in [5, 5.41) is 0. The van der Waals surface area contributed by atoms with E-state index in [0.29, 0.717) is 12.2 Å². The monoisotopic (exact) mass is 140 g/mol. The van der Waals surface area contributed by atoms with Crippen LogP contribution in [0.2, 0.25) is 0 Å². The van der Waals surface area contributed by atoms with Gasteiger partial charge in [0.05, 0.1) is 23.4 Å². The summed E-state index contributed by atoms with van der Waals surface area (Å²) < 4.78 is 11.1. The topological polar surface area (TPSA) is 25.1 Å². The van der Waals surface area contributed by atoms with Gasteiger partial charge in [0.25, 0.3) is 0 Å². The summed E-state index contributed by atoms with van der Waals surface area (Å²) in [6.45, 7) is 4.40. The van der Waals surface area contributed by atoms with Crippen LogP contribution in [0.3, 0.4) is 0 Å². The van der Waals surface area contributed by atoms with Crippen LogP contribution < -0.4 is 0 Å². The number of hydrogen-bond donors (Lipinski definition) is 0. The minimum absolute atomic E-state index is 0.171. The van der Waals surface area contributed by atoms with Gasteiger partial charge < -0.3 is 9.47 Å². The molecule has 10 heavy (non-hydrogen) atoms. The molecule has 3 fully saturated rings. The average Bonchev–Trinajstić information content (AvgIpc) is 2.53. The molecule has 0 aromatic carbocycles. The minimum Gasteiger partial charge on any atom is -0.369 e. The largest absolute Gasteiger partial charge is 0.369 e. The molecule has 3 rings (SSSR count). The molecule has 56 valence electrons. The quantitative estimate of drug-likeness (QED) is 0.471. The third kappa shape index (κ3) is 0.453. The molecule has 2 saturated heterocycles. The van der Waals surface area contributed by atoms with Gasteiger partial charge in [0.15, 0.2) is 0 Å². The van der Waals surface area contributed by atoms with E-state index >= 15 is 0 Å². The molecule has 0 aromatic heterocycles. The number of fused-ring (bicyclic) bond motifs is 2.